The first-order valence-electron chi connectivity index (χ1n) is 7.10. The van der Waals surface area contributed by atoms with Gasteiger partial charge < -0.3 is 19.2 Å². The number of hydrogen-bond donors (Lipinski definition) is 5. The van der Waals surface area contributed by atoms with Crippen LogP contribution >= 0.6 is 15.0 Å². The van der Waals surface area contributed by atoms with Crippen molar-refractivity contribution >= 4 is 26.1 Å². The third kappa shape index (κ3) is 5.25. The molecule has 0 saturated heterocycles. The van der Waals surface area contributed by atoms with Crippen LogP contribution < -0.4 is 11.2 Å². The molecule has 11 nitrogen and oxygen atoms in total. The standard InChI is InChI=1S/C11H18N4O7P2/c16-10-8-9(13-11(17)14-10)15(6-12-8)4-2-1-3-5-23(18,19)7-24(20,21)22/h6H,1-5,7H2,(H,18,19)(H2,20,21,22)(H2,13,14,16,17). The minimum atomic E-state index is -4.51. The number of aromatic amines is 2. The molecule has 1 unspecified atom stereocenters. The first-order valence-corrected chi connectivity index (χ1v) is 10.9. The van der Waals surface area contributed by atoms with E-state index in [1.54, 1.807) is 4.57 Å². The highest BCUT2D eigenvalue weighted by Gasteiger charge is 2.28. The highest BCUT2D eigenvalue weighted by molar-refractivity contribution is 7.72. The van der Waals surface area contributed by atoms with E-state index in [1.807, 2.05) is 0 Å². The van der Waals surface area contributed by atoms with Crippen LogP contribution in [-0.4, -0.2) is 46.3 Å². The molecule has 24 heavy (non-hydrogen) atoms. The van der Waals surface area contributed by atoms with E-state index < -0.39 is 32.1 Å². The molecule has 0 amide bonds. The summed E-state index contributed by atoms with van der Waals surface area (Å²) < 4.78 is 24.0. The molecule has 0 aliphatic heterocycles. The molecule has 0 radical (unpaired) electrons. The van der Waals surface area contributed by atoms with Gasteiger partial charge in [-0.25, -0.2) is 9.78 Å². The molecular formula is C11H18N4O7P2. The van der Waals surface area contributed by atoms with Gasteiger partial charge in [0.2, 0.25) is 7.37 Å². The number of aryl methyl sites for hydroxylation is 1. The van der Waals surface area contributed by atoms with E-state index in [2.05, 4.69) is 15.0 Å². The van der Waals surface area contributed by atoms with Gasteiger partial charge in [0.1, 0.15) is 11.6 Å². The zero-order valence-electron chi connectivity index (χ0n) is 12.6. The molecule has 0 fully saturated rings. The molecular weight excluding hydrogens is 362 g/mol. The highest BCUT2D eigenvalue weighted by Crippen LogP contribution is 2.54. The van der Waals surface area contributed by atoms with Crippen molar-refractivity contribution in [3.05, 3.63) is 27.2 Å². The summed E-state index contributed by atoms with van der Waals surface area (Å²) in [5, 5.41) is 0. The topological polar surface area (TPSA) is 178 Å². The second kappa shape index (κ2) is 7.16. The Hall–Kier alpha value is -1.51. The molecule has 0 saturated carbocycles. The first-order chi connectivity index (χ1) is 11.1. The number of fused-ring (bicyclic) bond motifs is 1. The zero-order valence-corrected chi connectivity index (χ0v) is 14.4. The number of nitrogens with zero attached hydrogens (tertiary/aromatic N) is 2. The third-order valence-corrected chi connectivity index (χ3v) is 7.58. The summed E-state index contributed by atoms with van der Waals surface area (Å²) in [5.41, 5.74) is -0.784. The number of rotatable bonds is 8. The van der Waals surface area contributed by atoms with Crippen molar-refractivity contribution in [1.82, 2.24) is 19.5 Å². The number of H-pyrrole nitrogens is 2. The largest absolute Gasteiger partial charge is 0.344 e. The van der Waals surface area contributed by atoms with Gasteiger partial charge in [-0.05, 0) is 12.8 Å². The van der Waals surface area contributed by atoms with Crippen LogP contribution in [0.5, 0.6) is 0 Å². The highest BCUT2D eigenvalue weighted by atomic mass is 31.2. The van der Waals surface area contributed by atoms with Crippen molar-refractivity contribution in [2.45, 2.75) is 25.8 Å². The van der Waals surface area contributed by atoms with Crippen LogP contribution in [0.15, 0.2) is 15.9 Å². The van der Waals surface area contributed by atoms with Gasteiger partial charge in [-0.3, -0.25) is 23.9 Å². The fraction of sp³-hybridized carbons (Fsp3) is 0.545. The fourth-order valence-electron chi connectivity index (χ4n) is 2.33. The number of imidazole rings is 1. The summed E-state index contributed by atoms with van der Waals surface area (Å²) >= 11 is 0. The van der Waals surface area contributed by atoms with Crippen LogP contribution in [0, 0.1) is 0 Å². The maximum atomic E-state index is 11.6. The molecule has 2 aromatic heterocycles. The number of unbranched alkanes of at least 4 members (excludes halogenated alkanes) is 2. The quantitative estimate of drug-likeness (QED) is 0.313. The lowest BCUT2D eigenvalue weighted by Gasteiger charge is -2.12. The Kier molecular flexibility index (Phi) is 5.62. The zero-order chi connectivity index (χ0) is 18.0. The van der Waals surface area contributed by atoms with E-state index in [-0.39, 0.29) is 11.7 Å². The van der Waals surface area contributed by atoms with E-state index in [0.717, 1.165) is 0 Å². The van der Waals surface area contributed by atoms with Crippen molar-refractivity contribution in [3.63, 3.8) is 0 Å². The second-order valence-electron chi connectivity index (χ2n) is 5.48. The Morgan fingerprint density at radius 3 is 2.46 bits per heavy atom. The number of aromatic nitrogens is 4. The molecule has 2 rings (SSSR count). The van der Waals surface area contributed by atoms with Crippen molar-refractivity contribution in [1.29, 1.82) is 0 Å². The third-order valence-electron chi connectivity index (χ3n) is 3.32. The summed E-state index contributed by atoms with van der Waals surface area (Å²) in [6.45, 7) is 0.435. The van der Waals surface area contributed by atoms with Crippen molar-refractivity contribution < 1.29 is 23.8 Å². The molecule has 0 bridgehead atoms. The van der Waals surface area contributed by atoms with Crippen molar-refractivity contribution in [3.8, 4) is 0 Å². The Morgan fingerprint density at radius 2 is 1.79 bits per heavy atom. The molecule has 0 aliphatic carbocycles. The van der Waals surface area contributed by atoms with Crippen molar-refractivity contribution in [2.24, 2.45) is 0 Å². The molecule has 0 aromatic carbocycles. The van der Waals surface area contributed by atoms with Crippen molar-refractivity contribution in [2.75, 3.05) is 12.1 Å². The monoisotopic (exact) mass is 380 g/mol. The summed E-state index contributed by atoms with van der Waals surface area (Å²) in [4.78, 5) is 58.3. The molecule has 134 valence electrons. The van der Waals surface area contributed by atoms with E-state index in [0.29, 0.717) is 31.5 Å². The van der Waals surface area contributed by atoms with Gasteiger partial charge >= 0.3 is 13.3 Å². The molecule has 2 aromatic rings. The summed E-state index contributed by atoms with van der Waals surface area (Å²) in [6.07, 6.45) is 2.70. The lowest BCUT2D eigenvalue weighted by molar-refractivity contribution is 0.375. The summed E-state index contributed by atoms with van der Waals surface area (Å²) in [5.74, 6) is -1.00. The number of hydrogen-bond acceptors (Lipinski definition) is 5. The Balaban J connectivity index is 1.88. The summed E-state index contributed by atoms with van der Waals surface area (Å²) in [7, 11) is -8.35. The molecule has 13 heteroatoms. The minimum Gasteiger partial charge on any atom is -0.344 e. The smallest absolute Gasteiger partial charge is 0.335 e. The molecule has 1 atom stereocenters. The molecule has 5 N–H and O–H groups in total. The average Bonchev–Trinajstić information content (AvgIpc) is 2.78. The van der Waals surface area contributed by atoms with Crippen LogP contribution in [0.2, 0.25) is 0 Å². The first kappa shape index (κ1) is 18.8. The van der Waals surface area contributed by atoms with Gasteiger partial charge in [-0.15, -0.1) is 0 Å². The summed E-state index contributed by atoms with van der Waals surface area (Å²) in [6, 6.07) is 0. The fourth-order valence-corrected chi connectivity index (χ4v) is 5.91. The minimum absolute atomic E-state index is 0.121. The van der Waals surface area contributed by atoms with E-state index in [4.69, 9.17) is 9.79 Å². The van der Waals surface area contributed by atoms with Gasteiger partial charge in [0, 0.05) is 12.7 Å². The van der Waals surface area contributed by atoms with Gasteiger partial charge in [0.25, 0.3) is 5.56 Å². The van der Waals surface area contributed by atoms with Crippen LogP contribution in [0.1, 0.15) is 19.3 Å². The normalized spacial score (nSPS) is 14.8. The SMILES string of the molecule is O=c1[nH]c(=O)c2ncn(CCCCCP(=O)(O)CP(=O)(O)O)c2[nH]1. The van der Waals surface area contributed by atoms with Crippen LogP contribution in [0.3, 0.4) is 0 Å². The Labute approximate surface area is 135 Å². The Bertz CT molecular complexity index is 924. The van der Waals surface area contributed by atoms with Gasteiger partial charge in [0.05, 0.1) is 6.33 Å². The maximum absolute atomic E-state index is 11.6. The van der Waals surface area contributed by atoms with Crippen LogP contribution in [0.4, 0.5) is 0 Å². The van der Waals surface area contributed by atoms with E-state index in [9.17, 15) is 23.6 Å². The van der Waals surface area contributed by atoms with Gasteiger partial charge in [-0.2, -0.15) is 0 Å². The van der Waals surface area contributed by atoms with Gasteiger partial charge in [-0.1, -0.05) is 6.42 Å². The maximum Gasteiger partial charge on any atom is 0.335 e. The van der Waals surface area contributed by atoms with Crippen LogP contribution in [-0.2, 0) is 15.7 Å². The van der Waals surface area contributed by atoms with Gasteiger partial charge in [0.15, 0.2) is 5.52 Å². The number of nitrogens with one attached hydrogen (secondary N) is 2. The molecule has 0 aliphatic rings. The second-order valence-corrected chi connectivity index (χ2v) is 10.1. The predicted octanol–water partition coefficient (Wildman–Crippen LogP) is -0.0112. The van der Waals surface area contributed by atoms with E-state index >= 15 is 0 Å². The lowest BCUT2D eigenvalue weighted by atomic mass is 10.2. The average molecular weight is 380 g/mol. The van der Waals surface area contributed by atoms with E-state index in [1.165, 1.54) is 6.33 Å². The lowest BCUT2D eigenvalue weighted by Crippen LogP contribution is -2.22. The Morgan fingerprint density at radius 1 is 1.08 bits per heavy atom. The molecule has 0 spiro atoms. The predicted molar refractivity (Wildman–Crippen MR) is 86.4 cm³/mol. The van der Waals surface area contributed by atoms with Crippen LogP contribution in [0.25, 0.3) is 11.2 Å². The molecule has 2 heterocycles.